The van der Waals surface area contributed by atoms with E-state index in [2.05, 4.69) is 89.9 Å². The third kappa shape index (κ3) is 3.79. The SMILES string of the molecule is Cc1nc2ccc(-c3ccc4c(c3)CN(c3ncnc5cc(Cl)c(I)cc35)CCO4)cc2[nH]1. The number of aromatic nitrogens is 4. The predicted molar refractivity (Wildman–Crippen MR) is 140 cm³/mol. The van der Waals surface area contributed by atoms with Gasteiger partial charge in [0.25, 0.3) is 0 Å². The fourth-order valence-electron chi connectivity index (χ4n) is 4.36. The van der Waals surface area contributed by atoms with Gasteiger partial charge in [0.05, 0.1) is 28.1 Å². The van der Waals surface area contributed by atoms with Gasteiger partial charge in [-0.25, -0.2) is 15.0 Å². The van der Waals surface area contributed by atoms with Crippen LogP contribution in [0.5, 0.6) is 5.75 Å². The lowest BCUT2D eigenvalue weighted by molar-refractivity contribution is 0.331. The highest BCUT2D eigenvalue weighted by molar-refractivity contribution is 14.1. The molecule has 33 heavy (non-hydrogen) atoms. The Morgan fingerprint density at radius 3 is 2.79 bits per heavy atom. The number of aromatic amines is 1. The van der Waals surface area contributed by atoms with Crippen molar-refractivity contribution in [1.29, 1.82) is 0 Å². The lowest BCUT2D eigenvalue weighted by atomic mass is 10.0. The van der Waals surface area contributed by atoms with Crippen LogP contribution in [0, 0.1) is 10.5 Å². The molecule has 3 heterocycles. The first-order valence-corrected chi connectivity index (χ1v) is 12.1. The van der Waals surface area contributed by atoms with Crippen LogP contribution in [0.3, 0.4) is 0 Å². The molecule has 0 fully saturated rings. The van der Waals surface area contributed by atoms with E-state index in [4.69, 9.17) is 16.3 Å². The molecule has 164 valence electrons. The van der Waals surface area contributed by atoms with Gasteiger partial charge in [-0.1, -0.05) is 23.7 Å². The minimum Gasteiger partial charge on any atom is -0.491 e. The van der Waals surface area contributed by atoms with Crippen molar-refractivity contribution in [2.24, 2.45) is 0 Å². The van der Waals surface area contributed by atoms with Gasteiger partial charge in [0, 0.05) is 21.1 Å². The number of halogens is 2. The molecule has 6 nitrogen and oxygen atoms in total. The molecule has 5 aromatic rings. The van der Waals surface area contributed by atoms with E-state index in [9.17, 15) is 0 Å². The standard InChI is InChI=1S/C25H19ClIN5O/c1-14-30-21-4-2-16(9-23(21)31-14)15-3-5-24-17(8-15)12-32(6-7-33-24)25-18-10-20(27)19(26)11-22(18)28-13-29-25/h2-5,8-11,13H,6-7,12H2,1H3,(H,30,31). The Morgan fingerprint density at radius 2 is 1.88 bits per heavy atom. The first-order chi connectivity index (χ1) is 16.0. The van der Waals surface area contributed by atoms with E-state index in [0.29, 0.717) is 18.2 Å². The first kappa shape index (κ1) is 20.7. The molecular formula is C25H19ClIN5O. The molecule has 0 aliphatic carbocycles. The monoisotopic (exact) mass is 567 g/mol. The molecule has 0 saturated heterocycles. The molecule has 6 rings (SSSR count). The summed E-state index contributed by atoms with van der Waals surface area (Å²) in [5.41, 5.74) is 6.27. The van der Waals surface area contributed by atoms with Crippen LogP contribution in [0.15, 0.2) is 54.9 Å². The number of imidazole rings is 1. The Bertz CT molecular complexity index is 1530. The zero-order valence-corrected chi connectivity index (χ0v) is 20.7. The van der Waals surface area contributed by atoms with Crippen LogP contribution in [-0.4, -0.2) is 33.1 Å². The molecule has 0 unspecified atom stereocenters. The van der Waals surface area contributed by atoms with Gasteiger partial charge in [-0.05, 0) is 77.0 Å². The molecule has 1 aliphatic rings. The molecule has 0 atom stereocenters. The molecule has 0 bridgehead atoms. The Hall–Kier alpha value is -2.91. The number of nitrogens with zero attached hydrogens (tertiary/aromatic N) is 4. The number of aryl methyl sites for hydroxylation is 1. The number of hydrogen-bond acceptors (Lipinski definition) is 5. The van der Waals surface area contributed by atoms with E-state index < -0.39 is 0 Å². The van der Waals surface area contributed by atoms with Crippen molar-refractivity contribution in [2.75, 3.05) is 18.1 Å². The molecule has 0 spiro atoms. The van der Waals surface area contributed by atoms with Crippen LogP contribution in [0.25, 0.3) is 33.1 Å². The van der Waals surface area contributed by atoms with Gasteiger partial charge in [-0.15, -0.1) is 0 Å². The van der Waals surface area contributed by atoms with Crippen molar-refractivity contribution in [3.63, 3.8) is 0 Å². The maximum absolute atomic E-state index is 6.32. The number of rotatable bonds is 2. The fourth-order valence-corrected chi connectivity index (χ4v) is 4.99. The predicted octanol–water partition coefficient (Wildman–Crippen LogP) is 6.14. The number of fused-ring (bicyclic) bond motifs is 3. The zero-order chi connectivity index (χ0) is 22.5. The maximum atomic E-state index is 6.32. The van der Waals surface area contributed by atoms with Gasteiger partial charge in [-0.3, -0.25) is 0 Å². The summed E-state index contributed by atoms with van der Waals surface area (Å²) < 4.78 is 7.08. The minimum atomic E-state index is 0.585. The highest BCUT2D eigenvalue weighted by atomic mass is 127. The third-order valence-corrected chi connectivity index (χ3v) is 7.45. The quantitative estimate of drug-likeness (QED) is 0.260. The van der Waals surface area contributed by atoms with Gasteiger partial charge >= 0.3 is 0 Å². The summed E-state index contributed by atoms with van der Waals surface area (Å²) in [7, 11) is 0. The molecule has 0 radical (unpaired) electrons. The second kappa shape index (κ2) is 8.14. The molecule has 3 aromatic carbocycles. The largest absolute Gasteiger partial charge is 0.491 e. The van der Waals surface area contributed by atoms with Crippen LogP contribution < -0.4 is 9.64 Å². The highest BCUT2D eigenvalue weighted by Crippen LogP contribution is 2.34. The van der Waals surface area contributed by atoms with Crippen molar-refractivity contribution in [1.82, 2.24) is 19.9 Å². The second-order valence-corrected chi connectivity index (χ2v) is 9.70. The second-order valence-electron chi connectivity index (χ2n) is 8.13. The van der Waals surface area contributed by atoms with Crippen LogP contribution in [0.1, 0.15) is 11.4 Å². The maximum Gasteiger partial charge on any atom is 0.140 e. The van der Waals surface area contributed by atoms with Gasteiger partial charge in [-0.2, -0.15) is 0 Å². The smallest absolute Gasteiger partial charge is 0.140 e. The van der Waals surface area contributed by atoms with Crippen molar-refractivity contribution in [3.05, 3.63) is 74.8 Å². The van der Waals surface area contributed by atoms with Crippen LogP contribution in [0.2, 0.25) is 5.02 Å². The van der Waals surface area contributed by atoms with Crippen molar-refractivity contribution in [2.45, 2.75) is 13.5 Å². The van der Waals surface area contributed by atoms with Gasteiger partial charge < -0.3 is 14.6 Å². The van der Waals surface area contributed by atoms with Crippen LogP contribution >= 0.6 is 34.2 Å². The summed E-state index contributed by atoms with van der Waals surface area (Å²) in [4.78, 5) is 19.1. The molecule has 8 heteroatoms. The summed E-state index contributed by atoms with van der Waals surface area (Å²) >= 11 is 8.57. The lowest BCUT2D eigenvalue weighted by Crippen LogP contribution is -2.26. The van der Waals surface area contributed by atoms with Crippen molar-refractivity contribution >= 4 is 61.9 Å². The Kier molecular flexibility index (Phi) is 5.10. The van der Waals surface area contributed by atoms with E-state index in [1.807, 2.05) is 13.0 Å². The normalized spacial score (nSPS) is 13.7. The average molecular weight is 568 g/mol. The molecule has 0 amide bonds. The van der Waals surface area contributed by atoms with E-state index in [0.717, 1.165) is 66.1 Å². The fraction of sp³-hybridized carbons (Fsp3) is 0.160. The molecule has 0 saturated carbocycles. The summed E-state index contributed by atoms with van der Waals surface area (Å²) in [6.07, 6.45) is 1.60. The molecular weight excluding hydrogens is 549 g/mol. The summed E-state index contributed by atoms with van der Waals surface area (Å²) in [5.74, 6) is 2.72. The summed E-state index contributed by atoms with van der Waals surface area (Å²) in [6.45, 7) is 3.98. The number of ether oxygens (including phenoxy) is 1. The Balaban J connectivity index is 1.40. The van der Waals surface area contributed by atoms with Crippen molar-refractivity contribution in [3.8, 4) is 16.9 Å². The van der Waals surface area contributed by atoms with E-state index in [1.165, 1.54) is 0 Å². The average Bonchev–Trinajstić information content (AvgIpc) is 3.05. The number of anilines is 1. The number of nitrogens with one attached hydrogen (secondary N) is 1. The highest BCUT2D eigenvalue weighted by Gasteiger charge is 2.20. The van der Waals surface area contributed by atoms with Gasteiger partial charge in [0.2, 0.25) is 0 Å². The van der Waals surface area contributed by atoms with E-state index in [1.54, 1.807) is 6.33 Å². The molecule has 2 aromatic heterocycles. The topological polar surface area (TPSA) is 66.9 Å². The third-order valence-electron chi connectivity index (χ3n) is 5.93. The molecule has 1 aliphatic heterocycles. The Labute approximate surface area is 209 Å². The minimum absolute atomic E-state index is 0.585. The zero-order valence-electron chi connectivity index (χ0n) is 17.8. The number of H-pyrrole nitrogens is 1. The van der Waals surface area contributed by atoms with E-state index in [-0.39, 0.29) is 0 Å². The Morgan fingerprint density at radius 1 is 1.03 bits per heavy atom. The van der Waals surface area contributed by atoms with Gasteiger partial charge in [0.15, 0.2) is 0 Å². The molecule has 1 N–H and O–H groups in total. The van der Waals surface area contributed by atoms with Gasteiger partial charge in [0.1, 0.15) is 30.3 Å². The van der Waals surface area contributed by atoms with E-state index >= 15 is 0 Å². The summed E-state index contributed by atoms with van der Waals surface area (Å²) in [5, 5.41) is 1.69. The van der Waals surface area contributed by atoms with Crippen LogP contribution in [-0.2, 0) is 6.54 Å². The summed E-state index contributed by atoms with van der Waals surface area (Å²) in [6, 6.07) is 16.7. The van der Waals surface area contributed by atoms with Crippen LogP contribution in [0.4, 0.5) is 5.82 Å². The lowest BCUT2D eigenvalue weighted by Gasteiger charge is -2.22. The number of hydrogen-bond donors (Lipinski definition) is 1. The number of benzene rings is 3. The first-order valence-electron chi connectivity index (χ1n) is 10.6. The van der Waals surface area contributed by atoms with Crippen molar-refractivity contribution < 1.29 is 4.74 Å².